The molecule has 0 bridgehead atoms. The van der Waals surface area contributed by atoms with Gasteiger partial charge in [-0.3, -0.25) is 0 Å². The van der Waals surface area contributed by atoms with E-state index in [1.165, 1.54) is 51.0 Å². The van der Waals surface area contributed by atoms with Crippen molar-refractivity contribution in [3.63, 3.8) is 0 Å². The summed E-state index contributed by atoms with van der Waals surface area (Å²) in [4.78, 5) is 11.7. The normalized spacial score (nSPS) is 26.9. The molecule has 156 valence electrons. The monoisotopic (exact) mass is 400 g/mol. The lowest BCUT2D eigenvalue weighted by Gasteiger charge is -2.42. The first-order chi connectivity index (χ1) is 14.0. The SMILES string of the molecule is CCCC1CC[C@@H]2CC(c3ccc4c(F)c(C(=O)OC)c(F)cc4c3)CC[C@H]2C1. The molecule has 4 rings (SSSR count). The van der Waals surface area contributed by atoms with Crippen molar-refractivity contribution in [2.24, 2.45) is 17.8 Å². The van der Waals surface area contributed by atoms with Crippen LogP contribution in [0.5, 0.6) is 0 Å². The van der Waals surface area contributed by atoms with Gasteiger partial charge in [-0.15, -0.1) is 0 Å². The summed E-state index contributed by atoms with van der Waals surface area (Å²) in [5.41, 5.74) is 0.549. The molecule has 0 amide bonds. The molecule has 2 aliphatic rings. The maximum absolute atomic E-state index is 14.7. The Morgan fingerprint density at radius 2 is 1.83 bits per heavy atom. The Bertz CT molecular complexity index is 907. The second kappa shape index (κ2) is 8.41. The van der Waals surface area contributed by atoms with Crippen molar-refractivity contribution < 1.29 is 18.3 Å². The van der Waals surface area contributed by atoms with Crippen LogP contribution in [0.2, 0.25) is 0 Å². The van der Waals surface area contributed by atoms with Crippen LogP contribution >= 0.6 is 0 Å². The quantitative estimate of drug-likeness (QED) is 0.516. The highest BCUT2D eigenvalue weighted by atomic mass is 19.1. The van der Waals surface area contributed by atoms with E-state index >= 15 is 0 Å². The largest absolute Gasteiger partial charge is 0.465 e. The van der Waals surface area contributed by atoms with Crippen LogP contribution in [-0.2, 0) is 4.74 Å². The molecule has 0 aliphatic heterocycles. The van der Waals surface area contributed by atoms with Crippen molar-refractivity contribution in [3.8, 4) is 0 Å². The Morgan fingerprint density at radius 3 is 2.59 bits per heavy atom. The van der Waals surface area contributed by atoms with Crippen LogP contribution in [0, 0.1) is 29.4 Å². The minimum atomic E-state index is -0.983. The molecule has 0 spiro atoms. The van der Waals surface area contributed by atoms with Crippen LogP contribution in [-0.4, -0.2) is 13.1 Å². The van der Waals surface area contributed by atoms with E-state index in [2.05, 4.69) is 11.7 Å². The second-order valence-corrected chi connectivity index (χ2v) is 9.02. The van der Waals surface area contributed by atoms with Crippen molar-refractivity contribution in [2.45, 2.75) is 64.2 Å². The van der Waals surface area contributed by atoms with E-state index in [0.29, 0.717) is 11.3 Å². The zero-order valence-corrected chi connectivity index (χ0v) is 17.3. The third-order valence-corrected chi connectivity index (χ3v) is 7.33. The van der Waals surface area contributed by atoms with Crippen LogP contribution in [0.3, 0.4) is 0 Å². The van der Waals surface area contributed by atoms with Gasteiger partial charge in [0.25, 0.3) is 0 Å². The molecule has 2 fully saturated rings. The predicted octanol–water partition coefficient (Wildman–Crippen LogP) is 7.00. The maximum atomic E-state index is 14.7. The molecule has 0 saturated heterocycles. The van der Waals surface area contributed by atoms with Crippen LogP contribution in [0.4, 0.5) is 8.78 Å². The summed E-state index contributed by atoms with van der Waals surface area (Å²) in [6.07, 6.45) is 10.3. The number of fused-ring (bicyclic) bond motifs is 2. The van der Waals surface area contributed by atoms with Gasteiger partial charge in [0.2, 0.25) is 0 Å². The Morgan fingerprint density at radius 1 is 1.07 bits per heavy atom. The van der Waals surface area contributed by atoms with Crippen molar-refractivity contribution in [3.05, 3.63) is 47.0 Å². The van der Waals surface area contributed by atoms with E-state index in [-0.39, 0.29) is 5.39 Å². The van der Waals surface area contributed by atoms with Crippen molar-refractivity contribution in [2.75, 3.05) is 7.11 Å². The summed E-state index contributed by atoms with van der Waals surface area (Å²) in [6, 6.07) is 6.82. The Labute approximate surface area is 171 Å². The van der Waals surface area contributed by atoms with E-state index in [0.717, 1.165) is 36.8 Å². The van der Waals surface area contributed by atoms with Crippen molar-refractivity contribution >= 4 is 16.7 Å². The second-order valence-electron chi connectivity index (χ2n) is 9.02. The third-order valence-electron chi connectivity index (χ3n) is 7.33. The fourth-order valence-corrected chi connectivity index (χ4v) is 5.85. The lowest BCUT2D eigenvalue weighted by Crippen LogP contribution is -2.30. The topological polar surface area (TPSA) is 26.3 Å². The molecule has 2 aromatic rings. The number of halogens is 2. The van der Waals surface area contributed by atoms with E-state index in [4.69, 9.17) is 0 Å². The summed E-state index contributed by atoms with van der Waals surface area (Å²) in [7, 11) is 1.13. The van der Waals surface area contributed by atoms with E-state index < -0.39 is 23.2 Å². The molecule has 0 heterocycles. The summed E-state index contributed by atoms with van der Waals surface area (Å²) in [6.45, 7) is 2.28. The van der Waals surface area contributed by atoms with Gasteiger partial charge in [0.05, 0.1) is 7.11 Å². The van der Waals surface area contributed by atoms with Crippen LogP contribution < -0.4 is 0 Å². The van der Waals surface area contributed by atoms with Gasteiger partial charge in [-0.1, -0.05) is 44.4 Å². The third kappa shape index (κ3) is 3.91. The Balaban J connectivity index is 1.56. The molecule has 2 aliphatic carbocycles. The lowest BCUT2D eigenvalue weighted by molar-refractivity contribution is 0.0590. The fraction of sp³-hybridized carbons (Fsp3) is 0.560. The number of benzene rings is 2. The zero-order valence-electron chi connectivity index (χ0n) is 17.3. The van der Waals surface area contributed by atoms with Gasteiger partial charge in [-0.05, 0) is 72.8 Å². The maximum Gasteiger partial charge on any atom is 0.343 e. The average Bonchev–Trinajstić information content (AvgIpc) is 2.73. The molecule has 2 aromatic carbocycles. The highest BCUT2D eigenvalue weighted by molar-refractivity contribution is 5.96. The molecule has 4 heteroatoms. The fourth-order valence-electron chi connectivity index (χ4n) is 5.85. The van der Waals surface area contributed by atoms with Gasteiger partial charge in [-0.2, -0.15) is 0 Å². The number of hydrogen-bond acceptors (Lipinski definition) is 2. The van der Waals surface area contributed by atoms with Crippen LogP contribution in [0.15, 0.2) is 24.3 Å². The highest BCUT2D eigenvalue weighted by Gasteiger charge is 2.35. The first-order valence-electron chi connectivity index (χ1n) is 11.0. The minimum absolute atomic E-state index is 0.268. The number of carbonyl (C=O) groups excluding carboxylic acids is 1. The van der Waals surface area contributed by atoms with E-state index in [9.17, 15) is 13.6 Å². The van der Waals surface area contributed by atoms with Crippen LogP contribution in [0.1, 0.15) is 80.1 Å². The molecule has 0 radical (unpaired) electrons. The molecule has 0 N–H and O–H groups in total. The summed E-state index contributed by atoms with van der Waals surface area (Å²) >= 11 is 0. The van der Waals surface area contributed by atoms with Gasteiger partial charge >= 0.3 is 5.97 Å². The molecule has 2 nitrogen and oxygen atoms in total. The van der Waals surface area contributed by atoms with Gasteiger partial charge in [0.15, 0.2) is 0 Å². The van der Waals surface area contributed by atoms with Crippen molar-refractivity contribution in [1.29, 1.82) is 0 Å². The predicted molar refractivity (Wildman–Crippen MR) is 111 cm³/mol. The molecular weight excluding hydrogens is 370 g/mol. The molecular formula is C25H30F2O2. The first kappa shape index (κ1) is 20.3. The first-order valence-corrected chi connectivity index (χ1v) is 11.0. The van der Waals surface area contributed by atoms with Crippen molar-refractivity contribution in [1.82, 2.24) is 0 Å². The smallest absolute Gasteiger partial charge is 0.343 e. The van der Waals surface area contributed by atoms with Crippen LogP contribution in [0.25, 0.3) is 10.8 Å². The zero-order chi connectivity index (χ0) is 20.5. The van der Waals surface area contributed by atoms with Gasteiger partial charge in [0, 0.05) is 5.39 Å². The molecule has 0 aromatic heterocycles. The molecule has 2 unspecified atom stereocenters. The number of ether oxygens (including phenoxy) is 1. The van der Waals surface area contributed by atoms with Gasteiger partial charge < -0.3 is 4.74 Å². The summed E-state index contributed by atoms with van der Waals surface area (Å²) in [5, 5.41) is 0.781. The Hall–Kier alpha value is -1.97. The van der Waals surface area contributed by atoms with E-state index in [1.807, 2.05) is 12.1 Å². The standard InChI is InChI=1S/C25H30F2O2/c1-3-4-15-5-6-17-12-18(8-7-16(17)11-15)19-9-10-21-20(13-19)14-22(26)23(24(21)27)25(28)29-2/h9-10,13-18H,3-8,11-12H2,1-2H3/t15?,16-,17+,18?/m0/s1. The minimum Gasteiger partial charge on any atom is -0.465 e. The Kier molecular flexibility index (Phi) is 5.89. The molecule has 4 atom stereocenters. The van der Waals surface area contributed by atoms with Gasteiger partial charge in [0.1, 0.15) is 17.2 Å². The number of esters is 1. The number of methoxy groups -OCH3 is 1. The number of hydrogen-bond donors (Lipinski definition) is 0. The lowest BCUT2D eigenvalue weighted by atomic mass is 9.63. The summed E-state index contributed by atoms with van der Waals surface area (Å²) < 4.78 is 33.6. The highest BCUT2D eigenvalue weighted by Crippen LogP contribution is 2.48. The molecule has 29 heavy (non-hydrogen) atoms. The van der Waals surface area contributed by atoms with E-state index in [1.54, 1.807) is 6.07 Å². The summed E-state index contributed by atoms with van der Waals surface area (Å²) in [5.74, 6) is 0.321. The average molecular weight is 401 g/mol. The number of rotatable bonds is 4. The van der Waals surface area contributed by atoms with Gasteiger partial charge in [-0.25, -0.2) is 13.6 Å². The molecule has 2 saturated carbocycles. The number of carbonyl (C=O) groups is 1.